The fourth-order valence-corrected chi connectivity index (χ4v) is 2.85. The number of carbonyl (C=O) groups excluding carboxylic acids is 1. The molecule has 1 aromatic rings. The van der Waals surface area contributed by atoms with Crippen molar-refractivity contribution in [3.63, 3.8) is 0 Å². The van der Waals surface area contributed by atoms with Gasteiger partial charge in [-0.25, -0.2) is 4.79 Å². The van der Waals surface area contributed by atoms with E-state index < -0.39 is 18.1 Å². The molecule has 1 amide bonds. The molecule has 2 unspecified atom stereocenters. The number of fused-ring (bicyclic) bond motifs is 2. The number of carboxylic acids is 1. The summed E-state index contributed by atoms with van der Waals surface area (Å²) < 4.78 is 11.1. The van der Waals surface area contributed by atoms with Crippen LogP contribution in [0.2, 0.25) is 0 Å². The number of benzene rings is 1. The minimum absolute atomic E-state index is 0.0207. The summed E-state index contributed by atoms with van der Waals surface area (Å²) in [5.41, 5.74) is 1.19. The van der Waals surface area contributed by atoms with Crippen LogP contribution in [0.1, 0.15) is 20.8 Å². The second-order valence-corrected chi connectivity index (χ2v) is 6.10. The van der Waals surface area contributed by atoms with Gasteiger partial charge in [-0.1, -0.05) is 13.8 Å². The van der Waals surface area contributed by atoms with Crippen molar-refractivity contribution in [3.05, 3.63) is 12.1 Å². The van der Waals surface area contributed by atoms with Crippen molar-refractivity contribution in [2.75, 3.05) is 23.4 Å². The molecule has 0 saturated carbocycles. The van der Waals surface area contributed by atoms with E-state index in [0.717, 1.165) is 0 Å². The van der Waals surface area contributed by atoms with Gasteiger partial charge in [0.1, 0.15) is 25.3 Å². The molecule has 0 fully saturated rings. The highest BCUT2D eigenvalue weighted by molar-refractivity contribution is 6.08. The molecule has 0 radical (unpaired) electrons. The molecule has 2 heterocycles. The van der Waals surface area contributed by atoms with Gasteiger partial charge in [-0.05, 0) is 12.8 Å². The summed E-state index contributed by atoms with van der Waals surface area (Å²) in [6.07, 6.45) is 0. The Bertz CT molecular complexity index is 658. The molecule has 0 saturated heterocycles. The number of carbonyl (C=O) groups is 2. The zero-order valence-electron chi connectivity index (χ0n) is 13.3. The van der Waals surface area contributed by atoms with Crippen LogP contribution in [0.5, 0.6) is 11.5 Å². The van der Waals surface area contributed by atoms with Gasteiger partial charge in [-0.3, -0.25) is 9.69 Å². The number of anilines is 2. The van der Waals surface area contributed by atoms with Gasteiger partial charge < -0.3 is 19.9 Å². The molecule has 7 nitrogen and oxygen atoms in total. The number of carboxylic acid groups (broad SMARTS) is 1. The summed E-state index contributed by atoms with van der Waals surface area (Å²) in [5.74, 6) is -0.160. The van der Waals surface area contributed by atoms with Gasteiger partial charge in [0.25, 0.3) is 5.91 Å². The molecular formula is C16H20N2O5. The molecule has 0 aromatic heterocycles. The minimum Gasteiger partial charge on any atom is -0.486 e. The van der Waals surface area contributed by atoms with E-state index in [2.05, 4.69) is 5.32 Å². The number of rotatable bonds is 3. The standard InChI is InChI=1S/C16H20N2O5/c1-8(2)14-15(19)18(9(3)16(20)21)11-7-13-12(6-10(11)17-14)22-4-5-23-13/h6-9,14,17H,4-5H2,1-3H3,(H,20,21). The van der Waals surface area contributed by atoms with E-state index >= 15 is 0 Å². The Morgan fingerprint density at radius 2 is 1.87 bits per heavy atom. The van der Waals surface area contributed by atoms with Gasteiger partial charge in [0, 0.05) is 12.1 Å². The van der Waals surface area contributed by atoms with Crippen LogP contribution >= 0.6 is 0 Å². The number of hydrogen-bond donors (Lipinski definition) is 2. The molecule has 2 atom stereocenters. The minimum atomic E-state index is -1.05. The first-order valence-corrected chi connectivity index (χ1v) is 7.66. The van der Waals surface area contributed by atoms with Crippen molar-refractivity contribution in [2.45, 2.75) is 32.9 Å². The van der Waals surface area contributed by atoms with Gasteiger partial charge >= 0.3 is 5.97 Å². The van der Waals surface area contributed by atoms with Gasteiger partial charge in [-0.15, -0.1) is 0 Å². The SMILES string of the molecule is CC(C)C1Nc2cc3c(cc2N(C(C)C(=O)O)C1=O)OCCO3. The third-order valence-electron chi connectivity index (χ3n) is 4.15. The highest BCUT2D eigenvalue weighted by Crippen LogP contribution is 2.43. The first-order chi connectivity index (χ1) is 10.9. The summed E-state index contributed by atoms with van der Waals surface area (Å²) in [6, 6.07) is 2.00. The molecular weight excluding hydrogens is 300 g/mol. The molecule has 124 valence electrons. The summed E-state index contributed by atoms with van der Waals surface area (Å²) in [5, 5.41) is 12.6. The smallest absolute Gasteiger partial charge is 0.326 e. The normalized spacial score (nSPS) is 20.8. The summed E-state index contributed by atoms with van der Waals surface area (Å²) in [6.45, 7) is 6.23. The second kappa shape index (κ2) is 5.64. The summed E-state index contributed by atoms with van der Waals surface area (Å²) in [7, 11) is 0. The van der Waals surface area contributed by atoms with Gasteiger partial charge in [-0.2, -0.15) is 0 Å². The van der Waals surface area contributed by atoms with Crippen molar-refractivity contribution in [3.8, 4) is 11.5 Å². The van der Waals surface area contributed by atoms with Crippen LogP contribution in [0.15, 0.2) is 12.1 Å². The third kappa shape index (κ3) is 2.56. The number of nitrogens with zero attached hydrogens (tertiary/aromatic N) is 1. The van der Waals surface area contributed by atoms with Gasteiger partial charge in [0.05, 0.1) is 11.4 Å². The van der Waals surface area contributed by atoms with Crippen LogP contribution < -0.4 is 19.7 Å². The van der Waals surface area contributed by atoms with Crippen LogP contribution in [-0.2, 0) is 9.59 Å². The van der Waals surface area contributed by atoms with E-state index in [0.29, 0.717) is 36.1 Å². The van der Waals surface area contributed by atoms with E-state index in [-0.39, 0.29) is 11.8 Å². The lowest BCUT2D eigenvalue weighted by Crippen LogP contribution is -2.54. The molecule has 2 aliphatic heterocycles. The maximum absolute atomic E-state index is 12.8. The highest BCUT2D eigenvalue weighted by atomic mass is 16.6. The van der Waals surface area contributed by atoms with Gasteiger partial charge in [0.2, 0.25) is 0 Å². The zero-order chi connectivity index (χ0) is 16.7. The Hall–Kier alpha value is -2.44. The van der Waals surface area contributed by atoms with E-state index in [1.54, 1.807) is 12.1 Å². The fourth-order valence-electron chi connectivity index (χ4n) is 2.85. The first kappa shape index (κ1) is 15.5. The monoisotopic (exact) mass is 320 g/mol. The lowest BCUT2D eigenvalue weighted by atomic mass is 9.97. The molecule has 2 aliphatic rings. The number of hydrogen-bond acceptors (Lipinski definition) is 5. The van der Waals surface area contributed by atoms with Crippen molar-refractivity contribution >= 4 is 23.3 Å². The van der Waals surface area contributed by atoms with E-state index in [9.17, 15) is 14.7 Å². The Labute approximate surface area is 134 Å². The molecule has 2 N–H and O–H groups in total. The van der Waals surface area contributed by atoms with Crippen molar-refractivity contribution in [1.82, 2.24) is 0 Å². The van der Waals surface area contributed by atoms with E-state index in [4.69, 9.17) is 9.47 Å². The quantitative estimate of drug-likeness (QED) is 0.881. The van der Waals surface area contributed by atoms with Crippen molar-refractivity contribution < 1.29 is 24.2 Å². The Morgan fingerprint density at radius 3 is 2.43 bits per heavy atom. The maximum atomic E-state index is 12.8. The van der Waals surface area contributed by atoms with Crippen molar-refractivity contribution in [1.29, 1.82) is 0 Å². The van der Waals surface area contributed by atoms with E-state index in [1.165, 1.54) is 11.8 Å². The van der Waals surface area contributed by atoms with Crippen molar-refractivity contribution in [2.24, 2.45) is 5.92 Å². The van der Waals surface area contributed by atoms with Crippen LogP contribution in [0.25, 0.3) is 0 Å². The number of amides is 1. The molecule has 0 aliphatic carbocycles. The third-order valence-corrected chi connectivity index (χ3v) is 4.15. The molecule has 23 heavy (non-hydrogen) atoms. The predicted molar refractivity (Wildman–Crippen MR) is 84.3 cm³/mol. The number of ether oxygens (including phenoxy) is 2. The number of aliphatic carboxylic acids is 1. The lowest BCUT2D eigenvalue weighted by molar-refractivity contribution is -0.139. The van der Waals surface area contributed by atoms with Crippen LogP contribution in [-0.4, -0.2) is 42.3 Å². The predicted octanol–water partition coefficient (Wildman–Crippen LogP) is 1.71. The Morgan fingerprint density at radius 1 is 1.26 bits per heavy atom. The van der Waals surface area contributed by atoms with Gasteiger partial charge in [0.15, 0.2) is 11.5 Å². The zero-order valence-corrected chi connectivity index (χ0v) is 13.3. The average molecular weight is 320 g/mol. The Balaban J connectivity index is 2.12. The van der Waals surface area contributed by atoms with Crippen LogP contribution in [0.4, 0.5) is 11.4 Å². The Kier molecular flexibility index (Phi) is 3.79. The van der Waals surface area contributed by atoms with E-state index in [1.807, 2.05) is 13.8 Å². The average Bonchev–Trinajstić information content (AvgIpc) is 2.51. The summed E-state index contributed by atoms with van der Waals surface area (Å²) in [4.78, 5) is 25.6. The largest absolute Gasteiger partial charge is 0.486 e. The van der Waals surface area contributed by atoms with Crippen LogP contribution in [0.3, 0.4) is 0 Å². The first-order valence-electron chi connectivity index (χ1n) is 7.66. The molecule has 7 heteroatoms. The highest BCUT2D eigenvalue weighted by Gasteiger charge is 2.39. The maximum Gasteiger partial charge on any atom is 0.326 e. The molecule has 1 aromatic carbocycles. The fraction of sp³-hybridized carbons (Fsp3) is 0.500. The lowest BCUT2D eigenvalue weighted by Gasteiger charge is -2.39. The summed E-state index contributed by atoms with van der Waals surface area (Å²) >= 11 is 0. The van der Waals surface area contributed by atoms with Crippen LogP contribution in [0, 0.1) is 5.92 Å². The molecule has 3 rings (SSSR count). The number of nitrogens with one attached hydrogen (secondary N) is 1. The molecule has 0 spiro atoms. The second-order valence-electron chi connectivity index (χ2n) is 6.10. The topological polar surface area (TPSA) is 88.1 Å². The molecule has 0 bridgehead atoms.